The van der Waals surface area contributed by atoms with E-state index in [1.807, 2.05) is 31.2 Å². The zero-order valence-corrected chi connectivity index (χ0v) is 13.1. The lowest BCUT2D eigenvalue weighted by atomic mass is 10.0. The van der Waals surface area contributed by atoms with Crippen LogP contribution in [0.4, 0.5) is 4.39 Å². The van der Waals surface area contributed by atoms with Crippen LogP contribution in [-0.2, 0) is 0 Å². The van der Waals surface area contributed by atoms with Gasteiger partial charge in [0.2, 0.25) is 0 Å². The molecule has 1 fully saturated rings. The number of hydrogen-bond acceptors (Lipinski definition) is 1. The molecule has 0 radical (unpaired) electrons. The number of benzene rings is 2. The van der Waals surface area contributed by atoms with E-state index in [2.05, 4.69) is 0 Å². The van der Waals surface area contributed by atoms with Crippen molar-refractivity contribution in [3.05, 3.63) is 70.5 Å². The van der Waals surface area contributed by atoms with Crippen LogP contribution in [-0.4, -0.2) is 16.8 Å². The number of carbonyl (C=O) groups is 1. The van der Waals surface area contributed by atoms with Crippen molar-refractivity contribution in [3.8, 4) is 0 Å². The van der Waals surface area contributed by atoms with Gasteiger partial charge in [-0.2, -0.15) is 0 Å². The fourth-order valence-electron chi connectivity index (χ4n) is 2.69. The first-order valence-corrected chi connectivity index (χ1v) is 7.78. The summed E-state index contributed by atoms with van der Waals surface area (Å²) in [6.07, 6.45) is 1.94. The topological polar surface area (TPSA) is 20.3 Å². The van der Waals surface area contributed by atoms with Crippen LogP contribution in [0.15, 0.2) is 48.5 Å². The predicted octanol–water partition coefficient (Wildman–Crippen LogP) is 4.84. The van der Waals surface area contributed by atoms with Crippen molar-refractivity contribution in [2.75, 3.05) is 0 Å². The molecule has 4 heteroatoms. The summed E-state index contributed by atoms with van der Waals surface area (Å²) in [7, 11) is 0. The molecular formula is C18H17ClFNO. The van der Waals surface area contributed by atoms with Gasteiger partial charge in [-0.1, -0.05) is 35.9 Å². The van der Waals surface area contributed by atoms with Gasteiger partial charge in [-0.3, -0.25) is 4.79 Å². The van der Waals surface area contributed by atoms with E-state index in [0.717, 1.165) is 18.4 Å². The van der Waals surface area contributed by atoms with Crippen LogP contribution in [0.5, 0.6) is 0 Å². The van der Waals surface area contributed by atoms with Crippen LogP contribution in [0.1, 0.15) is 41.7 Å². The molecule has 2 aromatic carbocycles. The maximum atomic E-state index is 13.9. The van der Waals surface area contributed by atoms with Crippen molar-refractivity contribution >= 4 is 17.5 Å². The summed E-state index contributed by atoms with van der Waals surface area (Å²) in [5.41, 5.74) is 1.14. The smallest absolute Gasteiger partial charge is 0.257 e. The van der Waals surface area contributed by atoms with Gasteiger partial charge < -0.3 is 4.90 Å². The van der Waals surface area contributed by atoms with Crippen molar-refractivity contribution in [2.24, 2.45) is 0 Å². The number of halogens is 2. The minimum Gasteiger partial charge on any atom is -0.329 e. The molecular weight excluding hydrogens is 301 g/mol. The zero-order valence-electron chi connectivity index (χ0n) is 12.3. The Morgan fingerprint density at radius 2 is 1.82 bits per heavy atom. The van der Waals surface area contributed by atoms with Gasteiger partial charge in [0.25, 0.3) is 5.91 Å². The van der Waals surface area contributed by atoms with Crippen LogP contribution in [0.25, 0.3) is 0 Å². The number of nitrogens with zero attached hydrogens (tertiary/aromatic N) is 1. The van der Waals surface area contributed by atoms with Crippen LogP contribution in [0.2, 0.25) is 5.02 Å². The Balaban J connectivity index is 1.91. The average Bonchev–Trinajstić information content (AvgIpc) is 3.33. The van der Waals surface area contributed by atoms with Crippen molar-refractivity contribution in [3.63, 3.8) is 0 Å². The molecule has 1 saturated carbocycles. The van der Waals surface area contributed by atoms with Crippen molar-refractivity contribution in [2.45, 2.75) is 31.8 Å². The minimum atomic E-state index is -0.471. The third-order valence-electron chi connectivity index (χ3n) is 4.05. The van der Waals surface area contributed by atoms with E-state index in [4.69, 9.17) is 11.6 Å². The monoisotopic (exact) mass is 317 g/mol. The molecule has 2 nitrogen and oxygen atoms in total. The molecule has 0 aromatic heterocycles. The van der Waals surface area contributed by atoms with Crippen LogP contribution >= 0.6 is 11.6 Å². The Kier molecular flexibility index (Phi) is 4.16. The number of carbonyl (C=O) groups excluding carboxylic acids is 1. The SMILES string of the molecule is C[C@H](c1ccc(Cl)cc1)N(C(=O)c1ccccc1F)C1CC1. The maximum Gasteiger partial charge on any atom is 0.257 e. The molecule has 0 spiro atoms. The molecule has 0 bridgehead atoms. The van der Waals surface area contributed by atoms with Crippen LogP contribution < -0.4 is 0 Å². The highest BCUT2D eigenvalue weighted by Gasteiger charge is 2.37. The van der Waals surface area contributed by atoms with Gasteiger partial charge >= 0.3 is 0 Å². The predicted molar refractivity (Wildman–Crippen MR) is 85.5 cm³/mol. The summed E-state index contributed by atoms with van der Waals surface area (Å²) in [6, 6.07) is 13.7. The summed E-state index contributed by atoms with van der Waals surface area (Å²) in [6.45, 7) is 1.97. The standard InChI is InChI=1S/C18H17ClFNO/c1-12(13-6-8-14(19)9-7-13)21(15-10-11-15)18(22)16-4-2-3-5-17(16)20/h2-9,12,15H,10-11H2,1H3/t12-/m1/s1. The molecule has 0 N–H and O–H groups in total. The lowest BCUT2D eigenvalue weighted by Crippen LogP contribution is -2.36. The molecule has 1 atom stereocenters. The first kappa shape index (κ1) is 15.0. The van der Waals surface area contributed by atoms with E-state index in [1.165, 1.54) is 6.07 Å². The molecule has 0 heterocycles. The minimum absolute atomic E-state index is 0.114. The molecule has 0 unspecified atom stereocenters. The van der Waals surface area contributed by atoms with Gasteiger partial charge in [0.1, 0.15) is 5.82 Å². The summed E-state index contributed by atoms with van der Waals surface area (Å²) in [5.74, 6) is -0.718. The van der Waals surface area contributed by atoms with E-state index in [1.54, 1.807) is 23.1 Å². The first-order valence-electron chi connectivity index (χ1n) is 7.40. The highest BCUT2D eigenvalue weighted by atomic mass is 35.5. The Hall–Kier alpha value is -1.87. The Bertz CT molecular complexity index is 682. The second-order valence-electron chi connectivity index (χ2n) is 5.65. The van der Waals surface area contributed by atoms with Crippen molar-refractivity contribution in [1.29, 1.82) is 0 Å². The van der Waals surface area contributed by atoms with Crippen molar-refractivity contribution in [1.82, 2.24) is 4.90 Å². The lowest BCUT2D eigenvalue weighted by molar-refractivity contribution is 0.0669. The molecule has 1 aliphatic rings. The average molecular weight is 318 g/mol. The number of rotatable bonds is 4. The lowest BCUT2D eigenvalue weighted by Gasteiger charge is -2.30. The van der Waals surface area contributed by atoms with Gasteiger partial charge in [0.05, 0.1) is 11.6 Å². The zero-order chi connectivity index (χ0) is 15.7. The second kappa shape index (κ2) is 6.09. The van der Waals surface area contributed by atoms with E-state index in [0.29, 0.717) is 5.02 Å². The molecule has 2 aromatic rings. The third kappa shape index (κ3) is 3.00. The Morgan fingerprint density at radius 1 is 1.18 bits per heavy atom. The molecule has 22 heavy (non-hydrogen) atoms. The third-order valence-corrected chi connectivity index (χ3v) is 4.30. The van der Waals surface area contributed by atoms with Gasteiger partial charge in [0.15, 0.2) is 0 Å². The van der Waals surface area contributed by atoms with Gasteiger partial charge in [-0.25, -0.2) is 4.39 Å². The van der Waals surface area contributed by atoms with Crippen LogP contribution in [0.3, 0.4) is 0 Å². The second-order valence-corrected chi connectivity index (χ2v) is 6.09. The quantitative estimate of drug-likeness (QED) is 0.789. The van der Waals surface area contributed by atoms with E-state index >= 15 is 0 Å². The first-order chi connectivity index (χ1) is 10.6. The summed E-state index contributed by atoms with van der Waals surface area (Å²) >= 11 is 5.92. The Morgan fingerprint density at radius 3 is 2.41 bits per heavy atom. The van der Waals surface area contributed by atoms with E-state index in [-0.39, 0.29) is 23.6 Å². The highest BCUT2D eigenvalue weighted by Crippen LogP contribution is 2.36. The largest absolute Gasteiger partial charge is 0.329 e. The van der Waals surface area contributed by atoms with Crippen molar-refractivity contribution < 1.29 is 9.18 Å². The molecule has 3 rings (SSSR count). The van der Waals surface area contributed by atoms with E-state index < -0.39 is 5.82 Å². The fourth-order valence-corrected chi connectivity index (χ4v) is 2.81. The van der Waals surface area contributed by atoms with Gasteiger partial charge in [-0.05, 0) is 49.6 Å². The van der Waals surface area contributed by atoms with Gasteiger partial charge in [0, 0.05) is 11.1 Å². The fraction of sp³-hybridized carbons (Fsp3) is 0.278. The maximum absolute atomic E-state index is 13.9. The summed E-state index contributed by atoms with van der Waals surface area (Å²) in [5, 5.41) is 0.661. The highest BCUT2D eigenvalue weighted by molar-refractivity contribution is 6.30. The number of hydrogen-bond donors (Lipinski definition) is 0. The van der Waals surface area contributed by atoms with Crippen LogP contribution in [0, 0.1) is 5.82 Å². The van der Waals surface area contributed by atoms with E-state index in [9.17, 15) is 9.18 Å². The molecule has 1 amide bonds. The number of amides is 1. The summed E-state index contributed by atoms with van der Waals surface area (Å²) in [4.78, 5) is 14.6. The normalized spacial score (nSPS) is 15.4. The molecule has 0 aliphatic heterocycles. The molecule has 0 saturated heterocycles. The Labute approximate surface area is 134 Å². The van der Waals surface area contributed by atoms with Gasteiger partial charge in [-0.15, -0.1) is 0 Å². The summed E-state index contributed by atoms with van der Waals surface area (Å²) < 4.78 is 13.9. The molecule has 114 valence electrons. The molecule has 1 aliphatic carbocycles.